The molecule has 0 bridgehead atoms. The van der Waals surface area contributed by atoms with Gasteiger partial charge in [0.25, 0.3) is 0 Å². The van der Waals surface area contributed by atoms with Crippen LogP contribution in [0.5, 0.6) is 0 Å². The van der Waals surface area contributed by atoms with Crippen molar-refractivity contribution in [2.75, 3.05) is 0 Å². The zero-order valence-electron chi connectivity index (χ0n) is 12.2. The minimum absolute atomic E-state index is 0.584. The van der Waals surface area contributed by atoms with Crippen molar-refractivity contribution in [1.82, 2.24) is 5.43 Å². The van der Waals surface area contributed by atoms with Crippen LogP contribution in [0.15, 0.2) is 0 Å². The molecule has 2 rings (SSSR count). The minimum Gasteiger partial charge on any atom is -0.271 e. The normalized spacial score (nSPS) is 33.0. The second-order valence-corrected chi connectivity index (χ2v) is 6.89. The van der Waals surface area contributed by atoms with Crippen molar-refractivity contribution >= 4 is 0 Å². The van der Waals surface area contributed by atoms with Crippen LogP contribution in [-0.2, 0) is 0 Å². The Bertz CT molecular complexity index is 213. The summed E-state index contributed by atoms with van der Waals surface area (Å²) in [7, 11) is 0. The lowest BCUT2D eigenvalue weighted by Crippen LogP contribution is -2.43. The standard InChI is InChI=1S/C16H32N2/c1-13-8-10-15(11-9-13)16(18-17)12-14-6-4-2-3-5-7-14/h13-16,18H,2-12,17H2,1H3. The van der Waals surface area contributed by atoms with Crippen molar-refractivity contribution in [1.29, 1.82) is 0 Å². The first kappa shape index (κ1) is 14.3. The molecule has 0 amide bonds. The third-order valence-corrected chi connectivity index (χ3v) is 5.41. The molecule has 0 radical (unpaired) electrons. The maximum absolute atomic E-state index is 5.84. The lowest BCUT2D eigenvalue weighted by molar-refractivity contribution is 0.201. The van der Waals surface area contributed by atoms with Gasteiger partial charge in [-0.15, -0.1) is 0 Å². The third-order valence-electron chi connectivity index (χ3n) is 5.41. The summed E-state index contributed by atoms with van der Waals surface area (Å²) in [6.07, 6.45) is 15.6. The second kappa shape index (κ2) is 7.49. The van der Waals surface area contributed by atoms with Crippen LogP contribution in [0.4, 0.5) is 0 Å². The lowest BCUT2D eigenvalue weighted by Gasteiger charge is -2.34. The maximum atomic E-state index is 5.84. The summed E-state index contributed by atoms with van der Waals surface area (Å²) in [6, 6.07) is 0.584. The number of hydrazine groups is 1. The van der Waals surface area contributed by atoms with Gasteiger partial charge in [0.1, 0.15) is 0 Å². The molecule has 1 unspecified atom stereocenters. The first-order valence-corrected chi connectivity index (χ1v) is 8.25. The molecule has 2 saturated carbocycles. The van der Waals surface area contributed by atoms with E-state index < -0.39 is 0 Å². The predicted molar refractivity (Wildman–Crippen MR) is 78.0 cm³/mol. The second-order valence-electron chi connectivity index (χ2n) is 6.89. The molecular formula is C16H32N2. The van der Waals surface area contributed by atoms with E-state index in [1.807, 2.05) is 0 Å². The molecule has 0 aromatic heterocycles. The van der Waals surface area contributed by atoms with Gasteiger partial charge in [-0.25, -0.2) is 0 Å². The molecule has 0 aromatic carbocycles. The van der Waals surface area contributed by atoms with Crippen molar-refractivity contribution in [3.63, 3.8) is 0 Å². The highest BCUT2D eigenvalue weighted by Gasteiger charge is 2.27. The van der Waals surface area contributed by atoms with E-state index in [1.54, 1.807) is 0 Å². The summed E-state index contributed by atoms with van der Waals surface area (Å²) in [4.78, 5) is 0. The first-order chi connectivity index (χ1) is 8.79. The highest BCUT2D eigenvalue weighted by atomic mass is 15.2. The summed E-state index contributed by atoms with van der Waals surface area (Å²) in [5.74, 6) is 8.57. The van der Waals surface area contributed by atoms with E-state index in [2.05, 4.69) is 12.3 Å². The SMILES string of the molecule is CC1CCC(C(CC2CCCCCC2)NN)CC1. The van der Waals surface area contributed by atoms with E-state index in [1.165, 1.54) is 70.6 Å². The van der Waals surface area contributed by atoms with Crippen LogP contribution in [0.3, 0.4) is 0 Å². The number of hydrogen-bond donors (Lipinski definition) is 2. The highest BCUT2D eigenvalue weighted by molar-refractivity contribution is 4.82. The maximum Gasteiger partial charge on any atom is 0.0241 e. The quantitative estimate of drug-likeness (QED) is 0.451. The fourth-order valence-electron chi connectivity index (χ4n) is 4.04. The van der Waals surface area contributed by atoms with Gasteiger partial charge in [0.05, 0.1) is 0 Å². The van der Waals surface area contributed by atoms with Gasteiger partial charge in [-0.05, 0) is 37.0 Å². The van der Waals surface area contributed by atoms with Gasteiger partial charge >= 0.3 is 0 Å². The fourth-order valence-corrected chi connectivity index (χ4v) is 4.04. The Labute approximate surface area is 113 Å². The minimum atomic E-state index is 0.584. The van der Waals surface area contributed by atoms with Crippen LogP contribution < -0.4 is 11.3 Å². The zero-order valence-corrected chi connectivity index (χ0v) is 12.2. The number of nitrogens with one attached hydrogen (secondary N) is 1. The van der Waals surface area contributed by atoms with Crippen molar-refractivity contribution in [2.45, 2.75) is 83.6 Å². The van der Waals surface area contributed by atoms with Gasteiger partial charge in [-0.2, -0.15) is 0 Å². The van der Waals surface area contributed by atoms with Gasteiger partial charge in [0, 0.05) is 6.04 Å². The Morgan fingerprint density at radius 2 is 1.56 bits per heavy atom. The Hall–Kier alpha value is -0.0800. The molecule has 3 N–H and O–H groups in total. The molecule has 18 heavy (non-hydrogen) atoms. The average molecular weight is 252 g/mol. The van der Waals surface area contributed by atoms with E-state index in [0.717, 1.165) is 17.8 Å². The molecule has 0 heterocycles. The van der Waals surface area contributed by atoms with Gasteiger partial charge in [0.15, 0.2) is 0 Å². The molecule has 2 nitrogen and oxygen atoms in total. The van der Waals surface area contributed by atoms with Crippen LogP contribution in [0, 0.1) is 17.8 Å². The largest absolute Gasteiger partial charge is 0.271 e. The summed E-state index contributed by atoms with van der Waals surface area (Å²) in [6.45, 7) is 2.40. The van der Waals surface area contributed by atoms with Crippen molar-refractivity contribution < 1.29 is 0 Å². The fraction of sp³-hybridized carbons (Fsp3) is 1.00. The van der Waals surface area contributed by atoms with Gasteiger partial charge < -0.3 is 0 Å². The Morgan fingerprint density at radius 3 is 2.11 bits per heavy atom. The van der Waals surface area contributed by atoms with Crippen molar-refractivity contribution in [3.05, 3.63) is 0 Å². The summed E-state index contributed by atoms with van der Waals surface area (Å²) < 4.78 is 0. The molecular weight excluding hydrogens is 220 g/mol. The zero-order chi connectivity index (χ0) is 12.8. The summed E-state index contributed by atoms with van der Waals surface area (Å²) in [5, 5.41) is 0. The van der Waals surface area contributed by atoms with Crippen LogP contribution >= 0.6 is 0 Å². The molecule has 0 saturated heterocycles. The highest BCUT2D eigenvalue weighted by Crippen LogP contribution is 2.34. The Morgan fingerprint density at radius 1 is 0.944 bits per heavy atom. The van der Waals surface area contributed by atoms with Gasteiger partial charge in [-0.3, -0.25) is 11.3 Å². The molecule has 2 heteroatoms. The molecule has 2 aliphatic rings. The van der Waals surface area contributed by atoms with Crippen molar-refractivity contribution in [3.8, 4) is 0 Å². The summed E-state index contributed by atoms with van der Waals surface area (Å²) >= 11 is 0. The molecule has 0 spiro atoms. The van der Waals surface area contributed by atoms with E-state index in [4.69, 9.17) is 5.84 Å². The van der Waals surface area contributed by atoms with E-state index in [9.17, 15) is 0 Å². The lowest BCUT2D eigenvalue weighted by atomic mass is 9.76. The van der Waals surface area contributed by atoms with E-state index >= 15 is 0 Å². The smallest absolute Gasteiger partial charge is 0.0241 e. The molecule has 0 aromatic rings. The van der Waals surface area contributed by atoms with Crippen LogP contribution in [-0.4, -0.2) is 6.04 Å². The molecule has 2 fully saturated rings. The topological polar surface area (TPSA) is 38.0 Å². The third kappa shape index (κ3) is 4.24. The van der Waals surface area contributed by atoms with Gasteiger partial charge in [-0.1, -0.05) is 58.3 Å². The first-order valence-electron chi connectivity index (χ1n) is 8.25. The van der Waals surface area contributed by atoms with Crippen LogP contribution in [0.1, 0.15) is 77.6 Å². The monoisotopic (exact) mass is 252 g/mol. The van der Waals surface area contributed by atoms with E-state index in [-0.39, 0.29) is 0 Å². The van der Waals surface area contributed by atoms with Crippen molar-refractivity contribution in [2.24, 2.45) is 23.6 Å². The van der Waals surface area contributed by atoms with Gasteiger partial charge in [0.2, 0.25) is 0 Å². The number of hydrogen-bond acceptors (Lipinski definition) is 2. The molecule has 2 aliphatic carbocycles. The Balaban J connectivity index is 1.80. The average Bonchev–Trinajstić information content (AvgIpc) is 2.66. The number of rotatable bonds is 4. The van der Waals surface area contributed by atoms with Crippen LogP contribution in [0.2, 0.25) is 0 Å². The van der Waals surface area contributed by atoms with Crippen LogP contribution in [0.25, 0.3) is 0 Å². The predicted octanol–water partition coefficient (Wildman–Crippen LogP) is 4.01. The molecule has 0 aliphatic heterocycles. The molecule has 106 valence electrons. The Kier molecular flexibility index (Phi) is 5.97. The number of nitrogens with two attached hydrogens (primary N) is 1. The summed E-state index contributed by atoms with van der Waals surface area (Å²) in [5.41, 5.74) is 3.15. The van der Waals surface area contributed by atoms with E-state index in [0.29, 0.717) is 6.04 Å². The molecule has 1 atom stereocenters.